The van der Waals surface area contributed by atoms with Gasteiger partial charge >= 0.3 is 5.97 Å². The summed E-state index contributed by atoms with van der Waals surface area (Å²) in [5.41, 5.74) is 0.594. The first-order valence-electron chi connectivity index (χ1n) is 6.29. The number of rotatable bonds is 8. The molecule has 1 atom stereocenters. The maximum atomic E-state index is 11.7. The van der Waals surface area contributed by atoms with Crippen LogP contribution >= 0.6 is 0 Å². The lowest BCUT2D eigenvalue weighted by atomic mass is 10.0. The van der Waals surface area contributed by atoms with Crippen LogP contribution in [0.2, 0.25) is 0 Å². The van der Waals surface area contributed by atoms with Crippen molar-refractivity contribution < 1.29 is 24.5 Å². The molecule has 1 unspecified atom stereocenters. The summed E-state index contributed by atoms with van der Waals surface area (Å²) in [6.45, 7) is 0.538. The minimum atomic E-state index is -1.05. The Morgan fingerprint density at radius 1 is 1.35 bits per heavy atom. The van der Waals surface area contributed by atoms with Gasteiger partial charge in [-0.25, -0.2) is 4.79 Å². The molecule has 0 saturated carbocycles. The first-order valence-corrected chi connectivity index (χ1v) is 6.29. The quantitative estimate of drug-likeness (QED) is 0.642. The molecule has 0 saturated heterocycles. The highest BCUT2D eigenvalue weighted by molar-refractivity contribution is 5.91. The molecule has 0 spiro atoms. The number of aliphatic hydroxyl groups is 1. The van der Waals surface area contributed by atoms with E-state index in [1.54, 1.807) is 18.2 Å². The minimum absolute atomic E-state index is 0.00282. The van der Waals surface area contributed by atoms with E-state index >= 15 is 0 Å². The predicted octanol–water partition coefficient (Wildman–Crippen LogP) is 0.441. The Kier molecular flexibility index (Phi) is 6.69. The Labute approximate surface area is 117 Å². The van der Waals surface area contributed by atoms with E-state index in [9.17, 15) is 14.7 Å². The largest absolute Gasteiger partial charge is 0.478 e. The van der Waals surface area contributed by atoms with E-state index in [1.165, 1.54) is 13.2 Å². The average molecular weight is 281 g/mol. The molecule has 1 aromatic rings. The number of amides is 1. The van der Waals surface area contributed by atoms with Crippen LogP contribution in [0.5, 0.6) is 0 Å². The summed E-state index contributed by atoms with van der Waals surface area (Å²) >= 11 is 0. The molecule has 6 heteroatoms. The van der Waals surface area contributed by atoms with Crippen LogP contribution in [-0.2, 0) is 16.0 Å². The number of ether oxygens (including phenoxy) is 1. The lowest BCUT2D eigenvalue weighted by Crippen LogP contribution is -2.30. The van der Waals surface area contributed by atoms with E-state index in [1.807, 2.05) is 0 Å². The van der Waals surface area contributed by atoms with Crippen molar-refractivity contribution in [2.24, 2.45) is 0 Å². The molecule has 0 radical (unpaired) electrons. The average Bonchev–Trinajstić information content (AvgIpc) is 2.39. The summed E-state index contributed by atoms with van der Waals surface area (Å²) in [5, 5.41) is 21.1. The summed E-state index contributed by atoms with van der Waals surface area (Å²) in [6.07, 6.45) is -0.227. The molecule has 6 nitrogen and oxygen atoms in total. The highest BCUT2D eigenvalue weighted by Gasteiger charge is 2.12. The van der Waals surface area contributed by atoms with Crippen molar-refractivity contribution >= 4 is 11.9 Å². The number of hydrogen-bond acceptors (Lipinski definition) is 4. The van der Waals surface area contributed by atoms with E-state index in [0.717, 1.165) is 0 Å². The molecular formula is C14H19NO5. The second kappa shape index (κ2) is 8.29. The van der Waals surface area contributed by atoms with Crippen LogP contribution in [-0.4, -0.2) is 48.5 Å². The molecule has 1 rings (SSSR count). The highest BCUT2D eigenvalue weighted by Crippen LogP contribution is 2.09. The van der Waals surface area contributed by atoms with Crippen molar-refractivity contribution in [2.75, 3.05) is 20.3 Å². The van der Waals surface area contributed by atoms with Crippen LogP contribution in [0.3, 0.4) is 0 Å². The molecule has 3 N–H and O–H groups in total. The smallest absolute Gasteiger partial charge is 0.335 e. The number of methoxy groups -OCH3 is 1. The van der Waals surface area contributed by atoms with Crippen LogP contribution in [0.25, 0.3) is 0 Å². The molecule has 0 aliphatic rings. The third-order valence-electron chi connectivity index (χ3n) is 2.76. The lowest BCUT2D eigenvalue weighted by Gasteiger charge is -2.10. The number of hydrogen-bond donors (Lipinski definition) is 3. The van der Waals surface area contributed by atoms with E-state index in [2.05, 4.69) is 5.32 Å². The van der Waals surface area contributed by atoms with Gasteiger partial charge < -0.3 is 20.3 Å². The Balaban J connectivity index is 2.45. The predicted molar refractivity (Wildman–Crippen MR) is 72.6 cm³/mol. The monoisotopic (exact) mass is 281 g/mol. The van der Waals surface area contributed by atoms with Crippen LogP contribution in [0, 0.1) is 0 Å². The number of benzene rings is 1. The van der Waals surface area contributed by atoms with Crippen molar-refractivity contribution in [2.45, 2.75) is 18.9 Å². The maximum absolute atomic E-state index is 11.7. The third kappa shape index (κ3) is 5.38. The minimum Gasteiger partial charge on any atom is -0.478 e. The maximum Gasteiger partial charge on any atom is 0.335 e. The zero-order chi connectivity index (χ0) is 15.0. The van der Waals surface area contributed by atoms with Crippen molar-refractivity contribution in [1.29, 1.82) is 0 Å². The SMILES string of the molecule is COCC(O)CCNC(=O)Cc1ccccc1C(=O)O. The van der Waals surface area contributed by atoms with Crippen LogP contribution < -0.4 is 5.32 Å². The van der Waals surface area contributed by atoms with Gasteiger partial charge in [-0.15, -0.1) is 0 Å². The fourth-order valence-corrected chi connectivity index (χ4v) is 1.77. The normalized spacial score (nSPS) is 11.9. The number of carbonyl (C=O) groups excluding carboxylic acids is 1. The second-order valence-corrected chi connectivity index (χ2v) is 4.39. The molecule has 0 bridgehead atoms. The molecule has 0 aliphatic heterocycles. The zero-order valence-corrected chi connectivity index (χ0v) is 11.3. The summed E-state index contributed by atoms with van der Waals surface area (Å²) in [6, 6.07) is 6.39. The zero-order valence-electron chi connectivity index (χ0n) is 11.3. The van der Waals surface area contributed by atoms with E-state index in [0.29, 0.717) is 18.5 Å². The van der Waals surface area contributed by atoms with Gasteiger partial charge in [-0.3, -0.25) is 4.79 Å². The van der Waals surface area contributed by atoms with E-state index < -0.39 is 12.1 Å². The van der Waals surface area contributed by atoms with E-state index in [4.69, 9.17) is 9.84 Å². The number of nitrogens with one attached hydrogen (secondary N) is 1. The van der Waals surface area contributed by atoms with Crippen molar-refractivity contribution in [3.8, 4) is 0 Å². The molecule has 110 valence electrons. The van der Waals surface area contributed by atoms with Gasteiger partial charge in [0.25, 0.3) is 0 Å². The van der Waals surface area contributed by atoms with Crippen LogP contribution in [0.4, 0.5) is 0 Å². The molecule has 0 heterocycles. The summed E-state index contributed by atoms with van der Waals surface area (Å²) in [4.78, 5) is 22.7. The summed E-state index contributed by atoms with van der Waals surface area (Å²) in [7, 11) is 1.49. The first-order chi connectivity index (χ1) is 9.54. The van der Waals surface area contributed by atoms with Gasteiger partial charge in [-0.05, 0) is 18.1 Å². The Hall–Kier alpha value is -1.92. The number of aliphatic hydroxyl groups excluding tert-OH is 1. The van der Waals surface area contributed by atoms with Gasteiger partial charge in [0.05, 0.1) is 24.7 Å². The van der Waals surface area contributed by atoms with Crippen molar-refractivity contribution in [3.63, 3.8) is 0 Å². The van der Waals surface area contributed by atoms with Crippen LogP contribution in [0.1, 0.15) is 22.3 Å². The molecule has 1 amide bonds. The number of carbonyl (C=O) groups is 2. The topological polar surface area (TPSA) is 95.9 Å². The lowest BCUT2D eigenvalue weighted by molar-refractivity contribution is -0.120. The molecular weight excluding hydrogens is 262 g/mol. The van der Waals surface area contributed by atoms with Crippen LogP contribution in [0.15, 0.2) is 24.3 Å². The van der Waals surface area contributed by atoms with Gasteiger partial charge in [-0.1, -0.05) is 18.2 Å². The van der Waals surface area contributed by atoms with Gasteiger partial charge in [0.2, 0.25) is 5.91 Å². The summed E-state index contributed by atoms with van der Waals surface area (Å²) < 4.78 is 4.77. The van der Waals surface area contributed by atoms with Gasteiger partial charge in [-0.2, -0.15) is 0 Å². The van der Waals surface area contributed by atoms with Crippen molar-refractivity contribution in [3.05, 3.63) is 35.4 Å². The Bertz CT molecular complexity index is 461. The highest BCUT2D eigenvalue weighted by atomic mass is 16.5. The molecule has 0 aliphatic carbocycles. The van der Waals surface area contributed by atoms with Gasteiger partial charge in [0.1, 0.15) is 0 Å². The second-order valence-electron chi connectivity index (χ2n) is 4.39. The fourth-order valence-electron chi connectivity index (χ4n) is 1.77. The number of carboxylic acid groups (broad SMARTS) is 1. The summed E-state index contributed by atoms with van der Waals surface area (Å²) in [5.74, 6) is -1.33. The van der Waals surface area contributed by atoms with Gasteiger partial charge in [0, 0.05) is 13.7 Å². The molecule has 1 aromatic carbocycles. The van der Waals surface area contributed by atoms with Gasteiger partial charge in [0.15, 0.2) is 0 Å². The number of carboxylic acids is 1. The first kappa shape index (κ1) is 16.1. The fraction of sp³-hybridized carbons (Fsp3) is 0.429. The third-order valence-corrected chi connectivity index (χ3v) is 2.76. The Morgan fingerprint density at radius 2 is 2.05 bits per heavy atom. The van der Waals surface area contributed by atoms with Crippen molar-refractivity contribution in [1.82, 2.24) is 5.32 Å². The molecule has 0 aromatic heterocycles. The number of aromatic carboxylic acids is 1. The van der Waals surface area contributed by atoms with E-state index in [-0.39, 0.29) is 24.5 Å². The Morgan fingerprint density at radius 3 is 2.70 bits per heavy atom. The molecule has 20 heavy (non-hydrogen) atoms. The standard InChI is InChI=1S/C14H19NO5/c1-20-9-11(16)6-7-15-13(17)8-10-4-2-3-5-12(10)14(18)19/h2-5,11,16H,6-9H2,1H3,(H,15,17)(H,18,19). The molecule has 0 fully saturated rings.